The van der Waals surface area contributed by atoms with Crippen LogP contribution in [0, 0.1) is 11.3 Å². The third-order valence-electron chi connectivity index (χ3n) is 5.19. The van der Waals surface area contributed by atoms with Crippen LogP contribution >= 0.6 is 0 Å². The molecule has 0 heterocycles. The average molecular weight is 254 g/mol. The molecule has 3 nitrogen and oxygen atoms in total. The van der Waals surface area contributed by atoms with E-state index >= 15 is 0 Å². The molecule has 0 radical (unpaired) electrons. The molecular weight excluding hydrogens is 224 g/mol. The zero-order valence-corrected chi connectivity index (χ0v) is 12.3. The Morgan fingerprint density at radius 2 is 2.11 bits per heavy atom. The van der Waals surface area contributed by atoms with Crippen LogP contribution in [0.2, 0.25) is 0 Å². The van der Waals surface area contributed by atoms with Crippen molar-refractivity contribution in [2.75, 3.05) is 26.8 Å². The number of ether oxygens (including phenoxy) is 1. The number of methoxy groups -OCH3 is 1. The Hall–Kier alpha value is -0.120. The van der Waals surface area contributed by atoms with E-state index in [1.54, 1.807) is 7.11 Å². The van der Waals surface area contributed by atoms with Gasteiger partial charge >= 0.3 is 0 Å². The highest BCUT2D eigenvalue weighted by Gasteiger charge is 2.40. The molecule has 106 valence electrons. The number of rotatable bonds is 7. The van der Waals surface area contributed by atoms with Gasteiger partial charge in [-0.1, -0.05) is 13.3 Å². The van der Waals surface area contributed by atoms with Gasteiger partial charge in [0.05, 0.1) is 6.61 Å². The SMILES string of the molecule is COCCN(CC1(C)CCCC1N)C(C)C1CC1. The van der Waals surface area contributed by atoms with Crippen LogP contribution in [0.1, 0.15) is 46.0 Å². The second-order valence-electron chi connectivity index (χ2n) is 6.69. The summed E-state index contributed by atoms with van der Waals surface area (Å²) < 4.78 is 5.27. The number of nitrogens with zero attached hydrogens (tertiary/aromatic N) is 1. The minimum atomic E-state index is 0.316. The van der Waals surface area contributed by atoms with E-state index in [0.29, 0.717) is 17.5 Å². The maximum absolute atomic E-state index is 6.32. The van der Waals surface area contributed by atoms with Crippen molar-refractivity contribution in [2.45, 2.75) is 58.0 Å². The van der Waals surface area contributed by atoms with Crippen molar-refractivity contribution in [3.05, 3.63) is 0 Å². The Bertz CT molecular complexity index is 267. The minimum absolute atomic E-state index is 0.316. The second kappa shape index (κ2) is 5.89. The first-order valence-corrected chi connectivity index (χ1v) is 7.55. The molecule has 2 saturated carbocycles. The van der Waals surface area contributed by atoms with Crippen molar-refractivity contribution in [3.8, 4) is 0 Å². The summed E-state index contributed by atoms with van der Waals surface area (Å²) in [6, 6.07) is 1.08. The first kappa shape index (κ1) is 14.3. The first-order valence-electron chi connectivity index (χ1n) is 7.55. The van der Waals surface area contributed by atoms with Crippen LogP contribution in [0.3, 0.4) is 0 Å². The molecule has 0 amide bonds. The lowest BCUT2D eigenvalue weighted by Crippen LogP contribution is -2.48. The lowest BCUT2D eigenvalue weighted by molar-refractivity contribution is 0.0740. The molecule has 2 N–H and O–H groups in total. The fourth-order valence-corrected chi connectivity index (χ4v) is 3.43. The van der Waals surface area contributed by atoms with Crippen LogP contribution in [0.15, 0.2) is 0 Å². The lowest BCUT2D eigenvalue weighted by atomic mass is 9.84. The van der Waals surface area contributed by atoms with Crippen molar-refractivity contribution < 1.29 is 4.74 Å². The van der Waals surface area contributed by atoms with Crippen molar-refractivity contribution >= 4 is 0 Å². The maximum Gasteiger partial charge on any atom is 0.0589 e. The summed E-state index contributed by atoms with van der Waals surface area (Å²) in [5.41, 5.74) is 6.64. The van der Waals surface area contributed by atoms with Gasteiger partial charge in [-0.2, -0.15) is 0 Å². The molecule has 3 unspecified atom stereocenters. The van der Waals surface area contributed by atoms with Crippen molar-refractivity contribution in [2.24, 2.45) is 17.1 Å². The molecule has 0 bridgehead atoms. The average Bonchev–Trinajstić information content (AvgIpc) is 3.13. The van der Waals surface area contributed by atoms with E-state index in [-0.39, 0.29) is 0 Å². The molecule has 2 fully saturated rings. The van der Waals surface area contributed by atoms with E-state index in [2.05, 4.69) is 18.7 Å². The lowest BCUT2D eigenvalue weighted by Gasteiger charge is -2.38. The van der Waals surface area contributed by atoms with Gasteiger partial charge in [0.2, 0.25) is 0 Å². The molecule has 0 aromatic carbocycles. The fourth-order valence-electron chi connectivity index (χ4n) is 3.43. The smallest absolute Gasteiger partial charge is 0.0589 e. The molecule has 2 aliphatic carbocycles. The molecule has 2 rings (SSSR count). The van der Waals surface area contributed by atoms with Crippen LogP contribution in [-0.4, -0.2) is 43.8 Å². The van der Waals surface area contributed by atoms with Gasteiger partial charge in [-0.05, 0) is 43.9 Å². The predicted octanol–water partition coefficient (Wildman–Crippen LogP) is 2.25. The van der Waals surface area contributed by atoms with E-state index in [4.69, 9.17) is 10.5 Å². The summed E-state index contributed by atoms with van der Waals surface area (Å²) in [5.74, 6) is 0.920. The monoisotopic (exact) mass is 254 g/mol. The minimum Gasteiger partial charge on any atom is -0.383 e. The summed E-state index contributed by atoms with van der Waals surface area (Å²) in [6.45, 7) is 7.80. The van der Waals surface area contributed by atoms with Gasteiger partial charge in [-0.15, -0.1) is 0 Å². The van der Waals surface area contributed by atoms with Crippen molar-refractivity contribution in [3.63, 3.8) is 0 Å². The highest BCUT2D eigenvalue weighted by Crippen LogP contribution is 2.40. The normalized spacial score (nSPS) is 34.2. The second-order valence-corrected chi connectivity index (χ2v) is 6.69. The van der Waals surface area contributed by atoms with Gasteiger partial charge < -0.3 is 10.5 Å². The molecule has 18 heavy (non-hydrogen) atoms. The molecule has 3 atom stereocenters. The summed E-state index contributed by atoms with van der Waals surface area (Å²) in [7, 11) is 1.79. The van der Waals surface area contributed by atoms with E-state index in [1.807, 2.05) is 0 Å². The molecule has 2 aliphatic rings. The molecule has 0 saturated heterocycles. The number of hydrogen-bond acceptors (Lipinski definition) is 3. The quantitative estimate of drug-likeness (QED) is 0.757. The molecule has 3 heteroatoms. The van der Waals surface area contributed by atoms with Crippen LogP contribution in [0.4, 0.5) is 0 Å². The van der Waals surface area contributed by atoms with Gasteiger partial charge in [0.15, 0.2) is 0 Å². The highest BCUT2D eigenvalue weighted by molar-refractivity contribution is 4.96. The van der Waals surface area contributed by atoms with Crippen LogP contribution < -0.4 is 5.73 Å². The Balaban J connectivity index is 1.94. The fraction of sp³-hybridized carbons (Fsp3) is 1.00. The molecule has 0 aliphatic heterocycles. The van der Waals surface area contributed by atoms with Crippen LogP contribution in [-0.2, 0) is 4.74 Å². The van der Waals surface area contributed by atoms with Crippen molar-refractivity contribution in [1.82, 2.24) is 4.90 Å². The van der Waals surface area contributed by atoms with E-state index < -0.39 is 0 Å². The van der Waals surface area contributed by atoms with Gasteiger partial charge in [0.1, 0.15) is 0 Å². The zero-order valence-electron chi connectivity index (χ0n) is 12.3. The summed E-state index contributed by atoms with van der Waals surface area (Å²) in [5, 5.41) is 0. The Kier molecular flexibility index (Phi) is 4.68. The van der Waals surface area contributed by atoms with Crippen molar-refractivity contribution in [1.29, 1.82) is 0 Å². The molecule has 0 aromatic rings. The van der Waals surface area contributed by atoms with Gasteiger partial charge in [-0.25, -0.2) is 0 Å². The van der Waals surface area contributed by atoms with Crippen LogP contribution in [0.25, 0.3) is 0 Å². The largest absolute Gasteiger partial charge is 0.383 e. The topological polar surface area (TPSA) is 38.5 Å². The first-order chi connectivity index (χ1) is 8.57. The highest BCUT2D eigenvalue weighted by atomic mass is 16.5. The predicted molar refractivity (Wildman–Crippen MR) is 75.6 cm³/mol. The Labute approximate surface area is 112 Å². The van der Waals surface area contributed by atoms with Gasteiger partial charge in [-0.3, -0.25) is 4.90 Å². The maximum atomic E-state index is 6.32. The molecule has 0 aromatic heterocycles. The summed E-state index contributed by atoms with van der Waals surface area (Å²) in [4.78, 5) is 2.63. The van der Waals surface area contributed by atoms with Crippen LogP contribution in [0.5, 0.6) is 0 Å². The standard InChI is InChI=1S/C15H30N2O/c1-12(13-6-7-13)17(9-10-18-3)11-15(2)8-4-5-14(15)16/h12-14H,4-11,16H2,1-3H3. The third-order valence-corrected chi connectivity index (χ3v) is 5.19. The number of nitrogens with two attached hydrogens (primary N) is 1. The van der Waals surface area contributed by atoms with E-state index in [1.165, 1.54) is 32.1 Å². The van der Waals surface area contributed by atoms with Gasteiger partial charge in [0.25, 0.3) is 0 Å². The van der Waals surface area contributed by atoms with E-state index in [0.717, 1.165) is 25.6 Å². The summed E-state index contributed by atoms with van der Waals surface area (Å²) in [6.07, 6.45) is 6.61. The zero-order chi connectivity index (χ0) is 13.2. The Morgan fingerprint density at radius 1 is 1.39 bits per heavy atom. The summed E-state index contributed by atoms with van der Waals surface area (Å²) >= 11 is 0. The Morgan fingerprint density at radius 3 is 2.61 bits per heavy atom. The molecular formula is C15H30N2O. The number of hydrogen-bond donors (Lipinski definition) is 1. The molecule has 0 spiro atoms. The van der Waals surface area contributed by atoms with Gasteiger partial charge in [0, 0.05) is 32.3 Å². The van der Waals surface area contributed by atoms with E-state index in [9.17, 15) is 0 Å². The third kappa shape index (κ3) is 3.25.